The van der Waals surface area contributed by atoms with E-state index in [9.17, 15) is 0 Å². The van der Waals surface area contributed by atoms with E-state index >= 15 is 0 Å². The fraction of sp³-hybridized carbons (Fsp3) is 0.333. The molecule has 0 saturated carbocycles. The quantitative estimate of drug-likeness (QED) is 0.669. The average Bonchev–Trinajstić information content (AvgIpc) is 2.62. The molecule has 1 aromatic heterocycles. The van der Waals surface area contributed by atoms with Crippen molar-refractivity contribution in [2.45, 2.75) is 24.5 Å². The summed E-state index contributed by atoms with van der Waals surface area (Å²) < 4.78 is 2.01. The molecule has 0 fully saturated rings. The van der Waals surface area contributed by atoms with Gasteiger partial charge in [0.15, 0.2) is 0 Å². The lowest BCUT2D eigenvalue weighted by Gasteiger charge is -2.07. The predicted octanol–water partition coefficient (Wildman–Crippen LogP) is 2.31. The lowest BCUT2D eigenvalue weighted by atomic mass is 10.2. The molecule has 0 radical (unpaired) electrons. The molecule has 0 spiro atoms. The number of hydrogen-bond donors (Lipinski definition) is 1. The van der Waals surface area contributed by atoms with Gasteiger partial charge in [0.25, 0.3) is 0 Å². The maximum absolute atomic E-state index is 5.88. The van der Waals surface area contributed by atoms with Gasteiger partial charge in [0.2, 0.25) is 0 Å². The second-order valence-corrected chi connectivity index (χ2v) is 5.00. The van der Waals surface area contributed by atoms with E-state index in [2.05, 4.69) is 16.3 Å². The Bertz CT molecular complexity index is 533. The Labute approximate surface area is 105 Å². The van der Waals surface area contributed by atoms with Crippen LogP contribution in [0.2, 0.25) is 0 Å². The van der Waals surface area contributed by atoms with E-state index in [1.165, 1.54) is 4.90 Å². The summed E-state index contributed by atoms with van der Waals surface area (Å²) in [5.41, 5.74) is 7.85. The number of nitrogens with two attached hydrogens (primary N) is 1. The van der Waals surface area contributed by atoms with Crippen molar-refractivity contribution in [1.29, 1.82) is 0 Å². The molecule has 0 saturated heterocycles. The summed E-state index contributed by atoms with van der Waals surface area (Å²) in [7, 11) is 1.98. The largest absolute Gasteiger partial charge is 0.398 e. The number of hydrogen-bond acceptors (Lipinski definition) is 4. The minimum absolute atomic E-state index is 0.807. The number of rotatable bonds is 3. The number of nitrogen functional groups attached to an aromatic ring is 1. The smallest absolute Gasteiger partial charge is 0.143 e. The van der Waals surface area contributed by atoms with Gasteiger partial charge in [0.05, 0.1) is 5.75 Å². The van der Waals surface area contributed by atoms with Gasteiger partial charge in [-0.1, -0.05) is 6.07 Å². The highest BCUT2D eigenvalue weighted by atomic mass is 32.2. The third kappa shape index (κ3) is 2.44. The van der Waals surface area contributed by atoms with Crippen LogP contribution in [0.1, 0.15) is 17.2 Å². The molecular weight excluding hydrogens is 232 g/mol. The van der Waals surface area contributed by atoms with E-state index in [4.69, 9.17) is 5.73 Å². The number of nitrogens with zero attached hydrogens (tertiary/aromatic N) is 3. The first-order valence-electron chi connectivity index (χ1n) is 5.42. The molecular formula is C12H16N4S. The molecule has 0 aliphatic heterocycles. The summed E-state index contributed by atoms with van der Waals surface area (Å²) in [6.07, 6.45) is 0. The highest BCUT2D eigenvalue weighted by Crippen LogP contribution is 2.28. The Morgan fingerprint density at radius 2 is 2.06 bits per heavy atom. The van der Waals surface area contributed by atoms with Crippen molar-refractivity contribution in [3.63, 3.8) is 0 Å². The van der Waals surface area contributed by atoms with E-state index in [-0.39, 0.29) is 0 Å². The number of anilines is 1. The number of thioether (sulfide) groups is 1. The van der Waals surface area contributed by atoms with Crippen LogP contribution in [0.15, 0.2) is 23.1 Å². The first kappa shape index (κ1) is 12.0. The molecule has 0 bridgehead atoms. The molecule has 1 heterocycles. The average molecular weight is 248 g/mol. The molecule has 0 amide bonds. The van der Waals surface area contributed by atoms with Crippen molar-refractivity contribution in [3.05, 3.63) is 35.4 Å². The molecule has 17 heavy (non-hydrogen) atoms. The minimum Gasteiger partial charge on any atom is -0.398 e. The van der Waals surface area contributed by atoms with Crippen LogP contribution in [0.4, 0.5) is 5.69 Å². The van der Waals surface area contributed by atoms with Crippen LogP contribution in [-0.2, 0) is 12.8 Å². The lowest BCUT2D eigenvalue weighted by Crippen LogP contribution is -1.98. The van der Waals surface area contributed by atoms with Crippen LogP contribution in [0.5, 0.6) is 0 Å². The van der Waals surface area contributed by atoms with Crippen LogP contribution in [0.25, 0.3) is 0 Å². The maximum atomic E-state index is 5.88. The second-order valence-electron chi connectivity index (χ2n) is 3.98. The van der Waals surface area contributed by atoms with Crippen LogP contribution in [-0.4, -0.2) is 14.8 Å². The van der Waals surface area contributed by atoms with Crippen molar-refractivity contribution in [2.75, 3.05) is 5.73 Å². The fourth-order valence-corrected chi connectivity index (χ4v) is 2.55. The minimum atomic E-state index is 0.807. The number of aromatic nitrogens is 3. The molecule has 0 unspecified atom stereocenters. The highest BCUT2D eigenvalue weighted by Gasteiger charge is 2.07. The van der Waals surface area contributed by atoms with E-state index in [0.717, 1.165) is 28.7 Å². The van der Waals surface area contributed by atoms with Crippen molar-refractivity contribution in [2.24, 2.45) is 7.05 Å². The van der Waals surface area contributed by atoms with Crippen LogP contribution < -0.4 is 5.73 Å². The van der Waals surface area contributed by atoms with Gasteiger partial charge in [-0.25, -0.2) is 0 Å². The van der Waals surface area contributed by atoms with Gasteiger partial charge in [-0.05, 0) is 31.5 Å². The molecule has 1 aromatic carbocycles. The van der Waals surface area contributed by atoms with Crippen LogP contribution in [0.3, 0.4) is 0 Å². The lowest BCUT2D eigenvalue weighted by molar-refractivity contribution is 0.816. The summed E-state index contributed by atoms with van der Waals surface area (Å²) >= 11 is 1.74. The van der Waals surface area contributed by atoms with Gasteiger partial charge in [-0.2, -0.15) is 0 Å². The molecule has 90 valence electrons. The first-order valence-corrected chi connectivity index (χ1v) is 6.41. The third-order valence-corrected chi connectivity index (χ3v) is 4.02. The molecule has 0 aliphatic rings. The summed E-state index contributed by atoms with van der Waals surface area (Å²) in [6.45, 7) is 3.99. The standard InChI is InChI=1S/C12H16N4S/c1-8-10(13)5-4-6-11(8)17-7-12-15-14-9(2)16(12)3/h4-6H,7,13H2,1-3H3. The van der Waals surface area contributed by atoms with E-state index in [1.807, 2.05) is 37.6 Å². The van der Waals surface area contributed by atoms with Gasteiger partial charge in [0.1, 0.15) is 11.6 Å². The van der Waals surface area contributed by atoms with Crippen LogP contribution in [0, 0.1) is 13.8 Å². The maximum Gasteiger partial charge on any atom is 0.143 e. The Hall–Kier alpha value is -1.49. The summed E-state index contributed by atoms with van der Waals surface area (Å²) in [5.74, 6) is 2.72. The van der Waals surface area contributed by atoms with Crippen molar-refractivity contribution >= 4 is 17.4 Å². The topological polar surface area (TPSA) is 56.7 Å². The van der Waals surface area contributed by atoms with Gasteiger partial charge in [-0.3, -0.25) is 0 Å². The summed E-state index contributed by atoms with van der Waals surface area (Å²) in [6, 6.07) is 5.98. The van der Waals surface area contributed by atoms with Crippen molar-refractivity contribution < 1.29 is 0 Å². The van der Waals surface area contributed by atoms with E-state index in [0.29, 0.717) is 0 Å². The molecule has 2 rings (SSSR count). The van der Waals surface area contributed by atoms with E-state index < -0.39 is 0 Å². The molecule has 0 aliphatic carbocycles. The molecule has 5 heteroatoms. The zero-order valence-electron chi connectivity index (χ0n) is 10.3. The van der Waals surface area contributed by atoms with Gasteiger partial charge >= 0.3 is 0 Å². The monoisotopic (exact) mass is 248 g/mol. The Morgan fingerprint density at radius 1 is 1.29 bits per heavy atom. The summed E-state index contributed by atoms with van der Waals surface area (Å²) in [4.78, 5) is 1.20. The molecule has 2 N–H and O–H groups in total. The summed E-state index contributed by atoms with van der Waals surface area (Å²) in [5, 5.41) is 8.19. The van der Waals surface area contributed by atoms with Crippen molar-refractivity contribution in [3.8, 4) is 0 Å². The Morgan fingerprint density at radius 3 is 2.71 bits per heavy atom. The highest BCUT2D eigenvalue weighted by molar-refractivity contribution is 7.98. The molecule has 4 nitrogen and oxygen atoms in total. The SMILES string of the molecule is Cc1c(N)cccc1SCc1nnc(C)n1C. The van der Waals surface area contributed by atoms with E-state index in [1.54, 1.807) is 11.8 Å². The van der Waals surface area contributed by atoms with Crippen LogP contribution >= 0.6 is 11.8 Å². The van der Waals surface area contributed by atoms with Gasteiger partial charge in [-0.15, -0.1) is 22.0 Å². The normalized spacial score (nSPS) is 10.8. The zero-order valence-corrected chi connectivity index (χ0v) is 11.1. The second kappa shape index (κ2) is 4.79. The predicted molar refractivity (Wildman–Crippen MR) is 70.9 cm³/mol. The van der Waals surface area contributed by atoms with Gasteiger partial charge in [0, 0.05) is 17.6 Å². The zero-order chi connectivity index (χ0) is 12.4. The Balaban J connectivity index is 2.13. The van der Waals surface area contributed by atoms with Crippen molar-refractivity contribution in [1.82, 2.24) is 14.8 Å². The third-order valence-electron chi connectivity index (χ3n) is 2.87. The first-order chi connectivity index (χ1) is 8.09. The number of aryl methyl sites for hydroxylation is 1. The van der Waals surface area contributed by atoms with Gasteiger partial charge < -0.3 is 10.3 Å². The number of benzene rings is 1. The molecule has 0 atom stereocenters. The Kier molecular flexibility index (Phi) is 3.38. The fourth-order valence-electron chi connectivity index (χ4n) is 1.51. The molecule has 2 aromatic rings.